The van der Waals surface area contributed by atoms with E-state index in [-0.39, 0.29) is 5.75 Å². The van der Waals surface area contributed by atoms with Crippen molar-refractivity contribution in [2.24, 2.45) is 0 Å². The molecule has 2 unspecified atom stereocenters. The predicted molar refractivity (Wildman–Crippen MR) is 55.5 cm³/mol. The number of rotatable bonds is 6. The molecule has 0 rings (SSSR count). The van der Waals surface area contributed by atoms with Gasteiger partial charge in [-0.05, 0) is 17.0 Å². The van der Waals surface area contributed by atoms with Crippen molar-refractivity contribution in [1.29, 1.82) is 0 Å². The van der Waals surface area contributed by atoms with E-state index in [0.717, 1.165) is 10.8 Å². The van der Waals surface area contributed by atoms with Gasteiger partial charge in [-0.3, -0.25) is 10.1 Å². The summed E-state index contributed by atoms with van der Waals surface area (Å²) in [6.45, 7) is 0. The third-order valence-electron chi connectivity index (χ3n) is 1.01. The average Bonchev–Trinajstić information content (AvgIpc) is 2.00. The van der Waals surface area contributed by atoms with Crippen LogP contribution in [0.15, 0.2) is 0 Å². The number of thiol groups is 1. The van der Waals surface area contributed by atoms with Crippen molar-refractivity contribution in [1.82, 2.24) is 5.32 Å². The first-order valence-electron chi connectivity index (χ1n) is 3.09. The van der Waals surface area contributed by atoms with Crippen LogP contribution in [0.2, 0.25) is 0 Å². The summed E-state index contributed by atoms with van der Waals surface area (Å²) in [5, 5.41) is 20.2. The first kappa shape index (κ1) is 12.4. The predicted octanol–water partition coefficient (Wildman–Crippen LogP) is 0.246. The fourth-order valence-corrected chi connectivity index (χ4v) is 1.87. The van der Waals surface area contributed by atoms with Crippen molar-refractivity contribution in [2.75, 3.05) is 12.0 Å². The van der Waals surface area contributed by atoms with E-state index in [0.29, 0.717) is 0 Å². The Hall–Kier alpha value is 0.440. The van der Waals surface area contributed by atoms with Gasteiger partial charge < -0.3 is 10.2 Å². The highest BCUT2D eigenvalue weighted by Gasteiger charge is 2.18. The molecule has 72 valence electrons. The molecule has 0 aromatic carbocycles. The van der Waals surface area contributed by atoms with Crippen LogP contribution in [0.5, 0.6) is 0 Å². The van der Waals surface area contributed by atoms with Crippen LogP contribution in [0, 0.1) is 0 Å². The molecule has 4 nitrogen and oxygen atoms in total. The molecule has 7 heteroatoms. The van der Waals surface area contributed by atoms with E-state index in [1.165, 1.54) is 10.8 Å². The van der Waals surface area contributed by atoms with Gasteiger partial charge in [0.05, 0.1) is 0 Å². The largest absolute Gasteiger partial charge is 0.480 e. The standard InChI is InChI=1S/C5H11NO3S3/c1-11-12-5(9)6-3(2-10)4(7)8/h3,5-6,9-10H,2H2,1H3,(H,7,8). The van der Waals surface area contributed by atoms with Gasteiger partial charge >= 0.3 is 5.97 Å². The van der Waals surface area contributed by atoms with Crippen molar-refractivity contribution >= 4 is 40.2 Å². The van der Waals surface area contributed by atoms with Crippen LogP contribution >= 0.6 is 34.2 Å². The molecule has 2 atom stereocenters. The van der Waals surface area contributed by atoms with Crippen LogP contribution in [-0.4, -0.2) is 39.8 Å². The lowest BCUT2D eigenvalue weighted by Gasteiger charge is -2.15. The lowest BCUT2D eigenvalue weighted by Crippen LogP contribution is -2.42. The van der Waals surface area contributed by atoms with Crippen molar-refractivity contribution in [3.8, 4) is 0 Å². The topological polar surface area (TPSA) is 69.6 Å². The summed E-state index contributed by atoms with van der Waals surface area (Å²) in [6, 6.07) is -0.803. The number of carboxylic acid groups (broad SMARTS) is 1. The zero-order valence-corrected chi connectivity index (χ0v) is 8.96. The van der Waals surface area contributed by atoms with E-state index >= 15 is 0 Å². The van der Waals surface area contributed by atoms with Crippen LogP contribution in [-0.2, 0) is 4.79 Å². The third kappa shape index (κ3) is 5.15. The Bertz CT molecular complexity index is 146. The highest BCUT2D eigenvalue weighted by Crippen LogP contribution is 2.20. The molecule has 0 aliphatic heterocycles. The Labute approximate surface area is 84.3 Å². The lowest BCUT2D eigenvalue weighted by molar-refractivity contribution is -0.139. The summed E-state index contributed by atoms with van der Waals surface area (Å²) in [4.78, 5) is 10.4. The Kier molecular flexibility index (Phi) is 7.16. The smallest absolute Gasteiger partial charge is 0.321 e. The molecule has 12 heavy (non-hydrogen) atoms. The molecule has 0 aliphatic carbocycles. The maximum atomic E-state index is 10.4. The van der Waals surface area contributed by atoms with Crippen LogP contribution in [0.1, 0.15) is 0 Å². The van der Waals surface area contributed by atoms with Gasteiger partial charge in [0.1, 0.15) is 6.04 Å². The molecule has 0 saturated carbocycles. The van der Waals surface area contributed by atoms with Gasteiger partial charge in [-0.15, -0.1) is 0 Å². The number of hydrogen-bond acceptors (Lipinski definition) is 6. The van der Waals surface area contributed by atoms with Gasteiger partial charge in [0, 0.05) is 5.75 Å². The maximum Gasteiger partial charge on any atom is 0.321 e. The Balaban J connectivity index is 3.77. The quantitative estimate of drug-likeness (QED) is 0.297. The lowest BCUT2D eigenvalue weighted by atomic mass is 10.3. The molecule has 0 saturated heterocycles. The Morgan fingerprint density at radius 3 is 2.67 bits per heavy atom. The molecule has 0 amide bonds. The second kappa shape index (κ2) is 6.90. The van der Waals surface area contributed by atoms with E-state index in [1.807, 2.05) is 0 Å². The minimum atomic E-state index is -1.01. The second-order valence-electron chi connectivity index (χ2n) is 1.86. The zero-order chi connectivity index (χ0) is 9.56. The van der Waals surface area contributed by atoms with E-state index in [9.17, 15) is 4.79 Å². The molecule has 0 radical (unpaired) electrons. The molecule has 0 aliphatic rings. The summed E-state index contributed by atoms with van der Waals surface area (Å²) in [7, 11) is 2.52. The van der Waals surface area contributed by atoms with Gasteiger partial charge in [-0.25, -0.2) is 0 Å². The summed E-state index contributed by atoms with van der Waals surface area (Å²) in [5.74, 6) is -0.854. The molecule has 0 fully saturated rings. The number of carboxylic acids is 1. The molecule has 0 aromatic heterocycles. The second-order valence-corrected chi connectivity index (χ2v) is 4.77. The highest BCUT2D eigenvalue weighted by atomic mass is 33.1. The van der Waals surface area contributed by atoms with Crippen molar-refractivity contribution < 1.29 is 15.0 Å². The first-order chi connectivity index (χ1) is 5.61. The molecule has 3 N–H and O–H groups in total. The van der Waals surface area contributed by atoms with Crippen molar-refractivity contribution in [3.63, 3.8) is 0 Å². The molecule has 0 aromatic rings. The number of aliphatic hydroxyl groups is 1. The number of carbonyl (C=O) groups is 1. The van der Waals surface area contributed by atoms with Gasteiger partial charge in [0.15, 0.2) is 5.56 Å². The summed E-state index contributed by atoms with van der Waals surface area (Å²) in [6.07, 6.45) is 1.80. The molecular weight excluding hydrogens is 218 g/mol. The Morgan fingerprint density at radius 2 is 2.33 bits per heavy atom. The number of hydrogen-bond donors (Lipinski definition) is 4. The highest BCUT2D eigenvalue weighted by molar-refractivity contribution is 8.76. The monoisotopic (exact) mass is 229 g/mol. The maximum absolute atomic E-state index is 10.4. The van der Waals surface area contributed by atoms with Crippen molar-refractivity contribution in [2.45, 2.75) is 11.6 Å². The molecule has 0 heterocycles. The van der Waals surface area contributed by atoms with Crippen LogP contribution in [0.4, 0.5) is 0 Å². The van der Waals surface area contributed by atoms with Gasteiger partial charge in [0.25, 0.3) is 0 Å². The minimum Gasteiger partial charge on any atom is -0.480 e. The number of nitrogens with one attached hydrogen (secondary N) is 1. The van der Waals surface area contributed by atoms with E-state index in [1.54, 1.807) is 6.26 Å². The number of aliphatic carboxylic acids is 1. The molecule has 0 bridgehead atoms. The first-order valence-corrected chi connectivity index (χ1v) is 6.34. The molecule has 0 spiro atoms. The summed E-state index contributed by atoms with van der Waals surface area (Å²) >= 11 is 3.83. The van der Waals surface area contributed by atoms with Crippen LogP contribution < -0.4 is 5.32 Å². The Morgan fingerprint density at radius 1 is 1.75 bits per heavy atom. The van der Waals surface area contributed by atoms with Gasteiger partial charge in [0.2, 0.25) is 0 Å². The van der Waals surface area contributed by atoms with E-state index in [2.05, 4.69) is 17.9 Å². The third-order valence-corrected chi connectivity index (χ3v) is 3.01. The van der Waals surface area contributed by atoms with Crippen LogP contribution in [0.25, 0.3) is 0 Å². The SMILES string of the molecule is CSSC(O)NC(CS)C(=O)O. The fraction of sp³-hybridized carbons (Fsp3) is 0.800. The van der Waals surface area contributed by atoms with E-state index in [4.69, 9.17) is 10.2 Å². The molecular formula is C5H11NO3S3. The van der Waals surface area contributed by atoms with Crippen LogP contribution in [0.3, 0.4) is 0 Å². The zero-order valence-electron chi connectivity index (χ0n) is 6.43. The van der Waals surface area contributed by atoms with Crippen molar-refractivity contribution in [3.05, 3.63) is 0 Å². The fourth-order valence-electron chi connectivity index (χ4n) is 0.493. The number of aliphatic hydroxyl groups excluding tert-OH is 1. The normalized spacial score (nSPS) is 15.6. The summed E-state index contributed by atoms with van der Waals surface area (Å²) in [5.41, 5.74) is -0.867. The van der Waals surface area contributed by atoms with Gasteiger partial charge in [-0.1, -0.05) is 10.8 Å². The summed E-state index contributed by atoms with van der Waals surface area (Å²) < 4.78 is 0. The van der Waals surface area contributed by atoms with Gasteiger partial charge in [-0.2, -0.15) is 12.6 Å². The average molecular weight is 229 g/mol. The minimum absolute atomic E-state index is 0.154. The van der Waals surface area contributed by atoms with E-state index < -0.39 is 17.6 Å².